The van der Waals surface area contributed by atoms with Gasteiger partial charge < -0.3 is 5.32 Å². The number of hydrogen-bond donors (Lipinski definition) is 1. The maximum absolute atomic E-state index is 13.9. The molecular weight excluding hydrogens is 268 g/mol. The predicted molar refractivity (Wildman–Crippen MR) is 86.8 cm³/mol. The first kappa shape index (κ1) is 17.9. The third kappa shape index (κ3) is 6.45. The summed E-state index contributed by atoms with van der Waals surface area (Å²) in [6.07, 6.45) is 9.04. The molecule has 1 nitrogen and oxygen atoms in total. The first-order chi connectivity index (χ1) is 10.1. The summed E-state index contributed by atoms with van der Waals surface area (Å²) in [6, 6.07) is 2.80. The molecule has 0 saturated carbocycles. The molecule has 1 N–H and O–H groups in total. The molecule has 0 spiro atoms. The topological polar surface area (TPSA) is 12.0 Å². The van der Waals surface area contributed by atoms with E-state index in [1.807, 2.05) is 0 Å². The fraction of sp³-hybridized carbons (Fsp3) is 0.667. The summed E-state index contributed by atoms with van der Waals surface area (Å²) in [5, 5.41) is 3.22. The number of hydrogen-bond acceptors (Lipinski definition) is 1. The highest BCUT2D eigenvalue weighted by Gasteiger charge is 2.13. The van der Waals surface area contributed by atoms with Crippen LogP contribution in [0.1, 0.15) is 70.8 Å². The monoisotopic (exact) mass is 297 g/mol. The number of benzene rings is 1. The number of aryl methyl sites for hydroxylation is 1. The molecular formula is C18H29F2N. The number of unbranched alkanes of at least 4 members (excludes halogenated alkanes) is 4. The smallest absolute Gasteiger partial charge is 0.146 e. The van der Waals surface area contributed by atoms with Crippen LogP contribution < -0.4 is 5.32 Å². The maximum Gasteiger partial charge on any atom is 0.146 e. The number of rotatable bonds is 10. The van der Waals surface area contributed by atoms with Crippen LogP contribution in [0, 0.1) is 18.6 Å². The second-order valence-corrected chi connectivity index (χ2v) is 5.91. The normalized spacial score (nSPS) is 11.1. The predicted octanol–water partition coefficient (Wildman–Crippen LogP) is 6.21. The fourth-order valence-corrected chi connectivity index (χ4v) is 2.55. The van der Waals surface area contributed by atoms with Gasteiger partial charge in [0.2, 0.25) is 0 Å². The Morgan fingerprint density at radius 2 is 1.48 bits per heavy atom. The molecule has 0 atom stereocenters. The zero-order chi connectivity index (χ0) is 15.7. The molecule has 0 bridgehead atoms. The molecule has 3 heteroatoms. The van der Waals surface area contributed by atoms with Gasteiger partial charge in [-0.1, -0.05) is 52.4 Å². The van der Waals surface area contributed by atoms with E-state index in [0.29, 0.717) is 11.3 Å². The lowest BCUT2D eigenvalue weighted by Gasteiger charge is -2.20. The standard InChI is InChI=1S/C18H29F2N/c1-4-6-8-10-15(11-9-7-5-2)21-18-13-16(19)14(3)12-17(18)20/h12-13,15,21H,4-11H2,1-3H3. The summed E-state index contributed by atoms with van der Waals surface area (Å²) < 4.78 is 27.6. The van der Waals surface area contributed by atoms with Gasteiger partial charge in [0.1, 0.15) is 11.6 Å². The van der Waals surface area contributed by atoms with Gasteiger partial charge in [-0.25, -0.2) is 8.78 Å². The van der Waals surface area contributed by atoms with E-state index in [-0.39, 0.29) is 17.7 Å². The van der Waals surface area contributed by atoms with Gasteiger partial charge in [0.15, 0.2) is 0 Å². The van der Waals surface area contributed by atoms with Crippen LogP contribution in [-0.2, 0) is 0 Å². The number of nitrogens with one attached hydrogen (secondary N) is 1. The van der Waals surface area contributed by atoms with E-state index in [1.165, 1.54) is 37.8 Å². The van der Waals surface area contributed by atoms with Crippen molar-refractivity contribution >= 4 is 5.69 Å². The SMILES string of the molecule is CCCCCC(CCCCC)Nc1cc(F)c(C)cc1F. The molecule has 0 fully saturated rings. The molecule has 0 radical (unpaired) electrons. The van der Waals surface area contributed by atoms with E-state index in [4.69, 9.17) is 0 Å². The average Bonchev–Trinajstić information content (AvgIpc) is 2.45. The molecule has 1 aromatic carbocycles. The van der Waals surface area contributed by atoms with Crippen molar-refractivity contribution in [1.82, 2.24) is 0 Å². The minimum Gasteiger partial charge on any atom is -0.380 e. The molecule has 0 unspecified atom stereocenters. The molecule has 0 aliphatic rings. The molecule has 0 saturated heterocycles. The Morgan fingerprint density at radius 3 is 2.00 bits per heavy atom. The van der Waals surface area contributed by atoms with Crippen molar-refractivity contribution < 1.29 is 8.78 Å². The van der Waals surface area contributed by atoms with Gasteiger partial charge >= 0.3 is 0 Å². The fourth-order valence-electron chi connectivity index (χ4n) is 2.55. The summed E-state index contributed by atoms with van der Waals surface area (Å²) in [4.78, 5) is 0. The lowest BCUT2D eigenvalue weighted by molar-refractivity contribution is 0.521. The van der Waals surface area contributed by atoms with E-state index in [9.17, 15) is 8.78 Å². The van der Waals surface area contributed by atoms with Crippen LogP contribution in [0.4, 0.5) is 14.5 Å². The Hall–Kier alpha value is -1.12. The van der Waals surface area contributed by atoms with Gasteiger partial charge in [0.25, 0.3) is 0 Å². The van der Waals surface area contributed by atoms with Crippen molar-refractivity contribution in [3.8, 4) is 0 Å². The van der Waals surface area contributed by atoms with Crippen molar-refractivity contribution in [3.05, 3.63) is 29.3 Å². The summed E-state index contributed by atoms with van der Waals surface area (Å²) in [5.74, 6) is -0.704. The third-order valence-electron chi connectivity index (χ3n) is 3.92. The summed E-state index contributed by atoms with van der Waals surface area (Å²) in [5.41, 5.74) is 0.655. The van der Waals surface area contributed by atoms with Crippen LogP contribution in [0.25, 0.3) is 0 Å². The Kier molecular flexibility index (Phi) is 8.33. The van der Waals surface area contributed by atoms with Crippen molar-refractivity contribution in [1.29, 1.82) is 0 Å². The van der Waals surface area contributed by atoms with Crippen LogP contribution in [-0.4, -0.2) is 6.04 Å². The zero-order valence-electron chi connectivity index (χ0n) is 13.6. The van der Waals surface area contributed by atoms with Gasteiger partial charge in [-0.2, -0.15) is 0 Å². The first-order valence-corrected chi connectivity index (χ1v) is 8.30. The van der Waals surface area contributed by atoms with Gasteiger partial charge in [-0.15, -0.1) is 0 Å². The van der Waals surface area contributed by atoms with Crippen molar-refractivity contribution in [2.24, 2.45) is 0 Å². The zero-order valence-corrected chi connectivity index (χ0v) is 13.6. The Balaban J connectivity index is 2.67. The van der Waals surface area contributed by atoms with Crippen LogP contribution >= 0.6 is 0 Å². The second kappa shape index (κ2) is 9.75. The van der Waals surface area contributed by atoms with Gasteiger partial charge in [0, 0.05) is 12.1 Å². The summed E-state index contributed by atoms with van der Waals surface area (Å²) in [7, 11) is 0. The molecule has 1 rings (SSSR count). The van der Waals surface area contributed by atoms with Crippen molar-refractivity contribution in [3.63, 3.8) is 0 Å². The van der Waals surface area contributed by atoms with E-state index in [0.717, 1.165) is 25.7 Å². The van der Waals surface area contributed by atoms with Crippen LogP contribution in [0.15, 0.2) is 12.1 Å². The van der Waals surface area contributed by atoms with Crippen LogP contribution in [0.3, 0.4) is 0 Å². The molecule has 21 heavy (non-hydrogen) atoms. The highest BCUT2D eigenvalue weighted by atomic mass is 19.1. The molecule has 0 amide bonds. The van der Waals surface area contributed by atoms with E-state index < -0.39 is 0 Å². The van der Waals surface area contributed by atoms with Crippen LogP contribution in [0.5, 0.6) is 0 Å². The largest absolute Gasteiger partial charge is 0.380 e. The lowest BCUT2D eigenvalue weighted by atomic mass is 10.0. The van der Waals surface area contributed by atoms with Gasteiger partial charge in [-0.3, -0.25) is 0 Å². The third-order valence-corrected chi connectivity index (χ3v) is 3.92. The Labute approximate surface area is 128 Å². The molecule has 0 aliphatic heterocycles. The molecule has 0 aromatic heterocycles. The van der Waals surface area contributed by atoms with Crippen LogP contribution in [0.2, 0.25) is 0 Å². The maximum atomic E-state index is 13.9. The highest BCUT2D eigenvalue weighted by molar-refractivity contribution is 5.47. The summed E-state index contributed by atoms with van der Waals surface area (Å²) in [6.45, 7) is 5.94. The van der Waals surface area contributed by atoms with Gasteiger partial charge in [-0.05, 0) is 31.4 Å². The molecule has 0 aliphatic carbocycles. The quantitative estimate of drug-likeness (QED) is 0.506. The van der Waals surface area contributed by atoms with Gasteiger partial charge in [0.05, 0.1) is 5.69 Å². The minimum atomic E-state index is -0.357. The first-order valence-electron chi connectivity index (χ1n) is 8.30. The number of halogens is 2. The highest BCUT2D eigenvalue weighted by Crippen LogP contribution is 2.22. The average molecular weight is 297 g/mol. The van der Waals surface area contributed by atoms with Crippen molar-refractivity contribution in [2.45, 2.75) is 78.2 Å². The van der Waals surface area contributed by atoms with Crippen molar-refractivity contribution in [2.75, 3.05) is 5.32 Å². The molecule has 120 valence electrons. The molecule has 1 aromatic rings. The van der Waals surface area contributed by atoms with E-state index in [2.05, 4.69) is 19.2 Å². The Morgan fingerprint density at radius 1 is 0.905 bits per heavy atom. The second-order valence-electron chi connectivity index (χ2n) is 5.91. The summed E-state index contributed by atoms with van der Waals surface area (Å²) >= 11 is 0. The lowest BCUT2D eigenvalue weighted by Crippen LogP contribution is -2.20. The number of anilines is 1. The van der Waals surface area contributed by atoms with E-state index in [1.54, 1.807) is 6.92 Å². The minimum absolute atomic E-state index is 0.236. The Bertz CT molecular complexity index is 408. The van der Waals surface area contributed by atoms with E-state index >= 15 is 0 Å². The molecule has 0 heterocycles.